The van der Waals surface area contributed by atoms with Crippen LogP contribution in [0.5, 0.6) is 0 Å². The molecule has 1 aromatic carbocycles. The van der Waals surface area contributed by atoms with Gasteiger partial charge in [0.2, 0.25) is 5.91 Å². The predicted molar refractivity (Wildman–Crippen MR) is 123 cm³/mol. The molecule has 1 saturated heterocycles. The Morgan fingerprint density at radius 2 is 1.86 bits per heavy atom. The number of hydrogen-bond donors (Lipinski definition) is 3. The molecule has 0 saturated carbocycles. The first-order chi connectivity index (χ1) is 17.4. The van der Waals surface area contributed by atoms with E-state index < -0.39 is 60.1 Å². The topological polar surface area (TPSA) is 117 Å². The quantitative estimate of drug-likeness (QED) is 0.424. The Bertz CT molecular complexity index is 1190. The van der Waals surface area contributed by atoms with Crippen LogP contribution in [0, 0.1) is 0 Å². The van der Waals surface area contributed by atoms with Crippen LogP contribution in [-0.4, -0.2) is 62.4 Å². The van der Waals surface area contributed by atoms with Gasteiger partial charge in [-0.05, 0) is 30.3 Å². The van der Waals surface area contributed by atoms with E-state index in [1.165, 1.54) is 12.1 Å². The van der Waals surface area contributed by atoms with Crippen LogP contribution in [-0.2, 0) is 25.3 Å². The van der Waals surface area contributed by atoms with Gasteiger partial charge >= 0.3 is 12.6 Å². The summed E-state index contributed by atoms with van der Waals surface area (Å²) in [6.45, 7) is -0.908. The number of morpholine rings is 1. The molecule has 9 nitrogen and oxygen atoms in total. The van der Waals surface area contributed by atoms with Gasteiger partial charge in [0, 0.05) is 18.8 Å². The highest BCUT2D eigenvalue weighted by atomic mass is 35.5. The zero-order valence-corrected chi connectivity index (χ0v) is 20.1. The van der Waals surface area contributed by atoms with Crippen molar-refractivity contribution < 1.29 is 45.9 Å². The minimum absolute atomic E-state index is 0.0126. The lowest BCUT2D eigenvalue weighted by atomic mass is 10.1. The Kier molecular flexibility index (Phi) is 9.04. The van der Waals surface area contributed by atoms with E-state index in [-0.39, 0.29) is 34.7 Å². The SMILES string of the molecule is O=C(NC[C@@H](NC(=O)C(F)F)C(=O)Nc1ccc(N2CCOCC2=O)cc1C(F)(F)F)c1ccc(Cl)s1. The second-order valence-electron chi connectivity index (χ2n) is 7.49. The largest absolute Gasteiger partial charge is 0.418 e. The summed E-state index contributed by atoms with van der Waals surface area (Å²) in [7, 11) is 0. The van der Waals surface area contributed by atoms with Gasteiger partial charge in [-0.15, -0.1) is 11.3 Å². The fraction of sp³-hybridized carbons (Fsp3) is 0.333. The molecule has 0 aliphatic carbocycles. The Morgan fingerprint density at radius 3 is 2.46 bits per heavy atom. The molecule has 0 unspecified atom stereocenters. The molecular weight excluding hydrogens is 551 g/mol. The normalized spacial score (nSPS) is 14.9. The average molecular weight is 569 g/mol. The van der Waals surface area contributed by atoms with E-state index in [9.17, 15) is 41.1 Å². The van der Waals surface area contributed by atoms with Crippen LogP contribution < -0.4 is 20.9 Å². The molecular formula is C21H18ClF5N4O5S. The molecule has 3 rings (SSSR count). The minimum atomic E-state index is -4.98. The monoisotopic (exact) mass is 568 g/mol. The standard InChI is InChI=1S/C21H18ClF5N4O5S/c22-15-4-3-14(37-15)19(34)28-8-13(30-20(35)17(23)24)18(33)29-12-2-1-10(7-11(12)21(25,26)27)31-5-6-36-9-16(31)32/h1-4,7,13,17H,5-6,8-9H2,(H,28,34)(H,29,33)(H,30,35)/t13-/m1/s1. The third-order valence-electron chi connectivity index (χ3n) is 4.96. The predicted octanol–water partition coefficient (Wildman–Crippen LogP) is 2.90. The molecule has 0 radical (unpaired) electrons. The van der Waals surface area contributed by atoms with E-state index in [0.29, 0.717) is 6.07 Å². The Balaban J connectivity index is 1.82. The number of benzene rings is 1. The second kappa shape index (κ2) is 11.8. The number of thiophene rings is 1. The molecule has 1 aliphatic rings. The van der Waals surface area contributed by atoms with Crippen molar-refractivity contribution >= 4 is 57.9 Å². The first kappa shape index (κ1) is 28.3. The molecule has 1 aliphatic heterocycles. The van der Waals surface area contributed by atoms with Gasteiger partial charge in [-0.2, -0.15) is 22.0 Å². The zero-order valence-electron chi connectivity index (χ0n) is 18.5. The van der Waals surface area contributed by atoms with E-state index in [0.717, 1.165) is 28.4 Å². The summed E-state index contributed by atoms with van der Waals surface area (Å²) in [6, 6.07) is 3.60. The van der Waals surface area contributed by atoms with Crippen LogP contribution in [0.3, 0.4) is 0 Å². The van der Waals surface area contributed by atoms with Crippen molar-refractivity contribution in [3.8, 4) is 0 Å². The molecule has 200 valence electrons. The van der Waals surface area contributed by atoms with Crippen LogP contribution >= 0.6 is 22.9 Å². The number of carbonyl (C=O) groups excluding carboxylic acids is 4. The van der Waals surface area contributed by atoms with Crippen LogP contribution in [0.1, 0.15) is 15.2 Å². The number of nitrogens with zero attached hydrogens (tertiary/aromatic N) is 1. The van der Waals surface area contributed by atoms with E-state index in [4.69, 9.17) is 16.3 Å². The summed E-state index contributed by atoms with van der Waals surface area (Å²) in [5.74, 6) is -4.49. The van der Waals surface area contributed by atoms with E-state index in [1.807, 2.05) is 5.32 Å². The molecule has 2 aromatic rings. The van der Waals surface area contributed by atoms with Crippen molar-refractivity contribution in [3.05, 3.63) is 45.1 Å². The van der Waals surface area contributed by atoms with Gasteiger partial charge in [0.05, 0.1) is 27.1 Å². The minimum Gasteiger partial charge on any atom is -0.370 e. The summed E-state index contributed by atoms with van der Waals surface area (Å²) in [6.07, 6.45) is -8.51. The van der Waals surface area contributed by atoms with Crippen LogP contribution in [0.15, 0.2) is 30.3 Å². The molecule has 16 heteroatoms. The number of rotatable bonds is 8. The maximum atomic E-state index is 13.8. The van der Waals surface area contributed by atoms with Crippen molar-refractivity contribution in [1.29, 1.82) is 0 Å². The fourth-order valence-electron chi connectivity index (χ4n) is 3.22. The van der Waals surface area contributed by atoms with Crippen LogP contribution in [0.25, 0.3) is 0 Å². The summed E-state index contributed by atoms with van der Waals surface area (Å²) in [5.41, 5.74) is -2.17. The molecule has 2 heterocycles. The summed E-state index contributed by atoms with van der Waals surface area (Å²) < 4.78 is 72.2. The van der Waals surface area contributed by atoms with Crippen molar-refractivity contribution in [2.24, 2.45) is 0 Å². The van der Waals surface area contributed by atoms with Gasteiger partial charge in [0.25, 0.3) is 17.7 Å². The van der Waals surface area contributed by atoms with Gasteiger partial charge in [0.15, 0.2) is 0 Å². The summed E-state index contributed by atoms with van der Waals surface area (Å²) in [5, 5.41) is 5.88. The van der Waals surface area contributed by atoms with E-state index in [2.05, 4.69) is 5.32 Å². The molecule has 4 amide bonds. The molecule has 1 atom stereocenters. The number of halogens is 6. The van der Waals surface area contributed by atoms with Crippen molar-refractivity contribution in [1.82, 2.24) is 10.6 Å². The maximum absolute atomic E-state index is 13.8. The number of hydrogen-bond acceptors (Lipinski definition) is 6. The third-order valence-corrected chi connectivity index (χ3v) is 6.19. The van der Waals surface area contributed by atoms with Gasteiger partial charge in [0.1, 0.15) is 12.6 Å². The lowest BCUT2D eigenvalue weighted by Crippen LogP contribution is -2.52. The molecule has 1 aromatic heterocycles. The third kappa shape index (κ3) is 7.36. The Labute approximate surface area is 214 Å². The number of nitrogens with one attached hydrogen (secondary N) is 3. The number of amides is 4. The molecule has 0 spiro atoms. The molecule has 37 heavy (non-hydrogen) atoms. The van der Waals surface area contributed by atoms with Gasteiger partial charge in [-0.3, -0.25) is 19.2 Å². The second-order valence-corrected chi connectivity index (χ2v) is 9.21. The zero-order chi connectivity index (χ0) is 27.3. The van der Waals surface area contributed by atoms with E-state index in [1.54, 1.807) is 5.32 Å². The average Bonchev–Trinajstić information content (AvgIpc) is 3.27. The van der Waals surface area contributed by atoms with Crippen molar-refractivity contribution in [2.45, 2.75) is 18.6 Å². The smallest absolute Gasteiger partial charge is 0.370 e. The van der Waals surface area contributed by atoms with Gasteiger partial charge in [-0.1, -0.05) is 11.6 Å². The first-order valence-corrected chi connectivity index (χ1v) is 11.6. The van der Waals surface area contributed by atoms with Gasteiger partial charge in [-0.25, -0.2) is 0 Å². The highest BCUT2D eigenvalue weighted by Crippen LogP contribution is 2.37. The molecule has 1 fully saturated rings. The van der Waals surface area contributed by atoms with Crippen molar-refractivity contribution in [3.63, 3.8) is 0 Å². The van der Waals surface area contributed by atoms with Gasteiger partial charge < -0.3 is 25.6 Å². The lowest BCUT2D eigenvalue weighted by molar-refractivity contribution is -0.137. The lowest BCUT2D eigenvalue weighted by Gasteiger charge is -2.28. The summed E-state index contributed by atoms with van der Waals surface area (Å²) in [4.78, 5) is 49.7. The fourth-order valence-corrected chi connectivity index (χ4v) is 4.18. The van der Waals surface area contributed by atoms with E-state index >= 15 is 0 Å². The Morgan fingerprint density at radius 1 is 1.14 bits per heavy atom. The maximum Gasteiger partial charge on any atom is 0.418 e. The summed E-state index contributed by atoms with van der Waals surface area (Å²) >= 11 is 6.63. The van der Waals surface area contributed by atoms with Crippen LogP contribution in [0.2, 0.25) is 4.34 Å². The first-order valence-electron chi connectivity index (χ1n) is 10.4. The highest BCUT2D eigenvalue weighted by Gasteiger charge is 2.36. The number of anilines is 2. The van der Waals surface area contributed by atoms with Crippen molar-refractivity contribution in [2.75, 3.05) is 36.5 Å². The molecule has 3 N–H and O–H groups in total. The number of carbonyl (C=O) groups is 4. The molecule has 0 bridgehead atoms. The Hall–Kier alpha value is -3.30. The number of alkyl halides is 5. The van der Waals surface area contributed by atoms with Crippen LogP contribution in [0.4, 0.5) is 33.3 Å². The highest BCUT2D eigenvalue weighted by molar-refractivity contribution is 7.18. The number of ether oxygens (including phenoxy) is 1.